The number of anilines is 1. The molecule has 1 N–H and O–H groups in total. The molecule has 1 atom stereocenters. The molecule has 114 valence electrons. The first-order chi connectivity index (χ1) is 10.3. The van der Waals surface area contributed by atoms with Crippen LogP contribution in [0.15, 0.2) is 24.4 Å². The molecule has 21 heavy (non-hydrogen) atoms. The largest absolute Gasteiger partial charge is 0.370 e. The fraction of sp³-hybridized carbons (Fsp3) is 0.625. The average Bonchev–Trinajstić information content (AvgIpc) is 3.13. The summed E-state index contributed by atoms with van der Waals surface area (Å²) in [6.45, 7) is 6.14. The molecule has 0 aliphatic carbocycles. The van der Waals surface area contributed by atoms with Crippen LogP contribution in [-0.4, -0.2) is 60.0 Å². The van der Waals surface area contributed by atoms with Crippen LogP contribution < -0.4 is 5.32 Å². The second-order valence-corrected chi connectivity index (χ2v) is 6.04. The number of rotatable bonds is 6. The lowest BCUT2D eigenvalue weighted by Gasteiger charge is -2.21. The Bertz CT molecular complexity index is 465. The average molecular weight is 288 g/mol. The van der Waals surface area contributed by atoms with Crippen LogP contribution in [0.2, 0.25) is 0 Å². The van der Waals surface area contributed by atoms with E-state index in [1.54, 1.807) is 0 Å². The molecule has 1 aromatic heterocycles. The number of nitrogens with zero attached hydrogens (tertiary/aromatic N) is 3. The van der Waals surface area contributed by atoms with Crippen molar-refractivity contribution in [1.29, 1.82) is 0 Å². The third-order valence-electron chi connectivity index (χ3n) is 4.46. The number of hydrogen-bond acceptors (Lipinski definition) is 4. The zero-order valence-electron chi connectivity index (χ0n) is 12.5. The van der Waals surface area contributed by atoms with Gasteiger partial charge in [0, 0.05) is 45.3 Å². The van der Waals surface area contributed by atoms with E-state index in [1.165, 1.54) is 6.42 Å². The Morgan fingerprint density at radius 2 is 2.24 bits per heavy atom. The summed E-state index contributed by atoms with van der Waals surface area (Å²) < 4.78 is 0. The molecule has 0 aromatic carbocycles. The summed E-state index contributed by atoms with van der Waals surface area (Å²) in [6, 6.07) is 5.94. The van der Waals surface area contributed by atoms with Gasteiger partial charge in [-0.15, -0.1) is 0 Å². The fourth-order valence-electron chi connectivity index (χ4n) is 3.20. The Kier molecular flexibility index (Phi) is 4.70. The van der Waals surface area contributed by atoms with Gasteiger partial charge in [0.1, 0.15) is 5.82 Å². The third kappa shape index (κ3) is 3.94. The molecule has 0 saturated carbocycles. The summed E-state index contributed by atoms with van der Waals surface area (Å²) in [7, 11) is 0. The van der Waals surface area contributed by atoms with Crippen LogP contribution >= 0.6 is 0 Å². The van der Waals surface area contributed by atoms with Crippen LogP contribution in [-0.2, 0) is 4.79 Å². The Balaban J connectivity index is 1.36. The first-order valence-corrected chi connectivity index (χ1v) is 7.96. The molecule has 0 bridgehead atoms. The molecule has 1 amide bonds. The second-order valence-electron chi connectivity index (χ2n) is 6.04. The lowest BCUT2D eigenvalue weighted by atomic mass is 10.1. The maximum atomic E-state index is 11.6. The Morgan fingerprint density at radius 3 is 3.00 bits per heavy atom. The van der Waals surface area contributed by atoms with E-state index in [4.69, 9.17) is 0 Å². The molecule has 5 heteroatoms. The van der Waals surface area contributed by atoms with E-state index in [0.29, 0.717) is 11.8 Å². The monoisotopic (exact) mass is 288 g/mol. The van der Waals surface area contributed by atoms with Gasteiger partial charge in [0.05, 0.1) is 0 Å². The number of aromatic nitrogens is 1. The van der Waals surface area contributed by atoms with E-state index in [9.17, 15) is 4.79 Å². The molecule has 2 aliphatic heterocycles. The first-order valence-electron chi connectivity index (χ1n) is 7.96. The zero-order chi connectivity index (χ0) is 14.5. The van der Waals surface area contributed by atoms with E-state index >= 15 is 0 Å². The van der Waals surface area contributed by atoms with Crippen molar-refractivity contribution in [2.45, 2.75) is 19.3 Å². The van der Waals surface area contributed by atoms with Gasteiger partial charge in [-0.05, 0) is 37.4 Å². The highest BCUT2D eigenvalue weighted by atomic mass is 16.2. The van der Waals surface area contributed by atoms with Crippen LogP contribution in [0.3, 0.4) is 0 Å². The number of amides is 1. The minimum absolute atomic E-state index is 0.336. The van der Waals surface area contributed by atoms with Crippen molar-refractivity contribution in [3.8, 4) is 0 Å². The lowest BCUT2D eigenvalue weighted by Crippen LogP contribution is -2.35. The van der Waals surface area contributed by atoms with Crippen LogP contribution in [0.1, 0.15) is 19.3 Å². The first kappa shape index (κ1) is 14.3. The van der Waals surface area contributed by atoms with Crippen molar-refractivity contribution < 1.29 is 4.79 Å². The molecule has 2 fully saturated rings. The predicted molar refractivity (Wildman–Crippen MR) is 83.1 cm³/mol. The highest BCUT2D eigenvalue weighted by molar-refractivity contribution is 5.78. The summed E-state index contributed by atoms with van der Waals surface area (Å²) in [5.74, 6) is 1.97. The predicted octanol–water partition coefficient (Wildman–Crippen LogP) is 1.44. The van der Waals surface area contributed by atoms with Crippen molar-refractivity contribution in [2.75, 3.05) is 44.6 Å². The molecule has 0 radical (unpaired) electrons. The Labute approximate surface area is 126 Å². The van der Waals surface area contributed by atoms with Gasteiger partial charge in [0.15, 0.2) is 0 Å². The van der Waals surface area contributed by atoms with Crippen molar-refractivity contribution in [1.82, 2.24) is 14.8 Å². The molecule has 1 unspecified atom stereocenters. The molecular formula is C16H24N4O. The van der Waals surface area contributed by atoms with Gasteiger partial charge in [-0.2, -0.15) is 0 Å². The fourth-order valence-corrected chi connectivity index (χ4v) is 3.20. The van der Waals surface area contributed by atoms with Gasteiger partial charge >= 0.3 is 0 Å². The highest BCUT2D eigenvalue weighted by Crippen LogP contribution is 2.17. The Hall–Kier alpha value is -1.62. The number of hydrogen-bond donors (Lipinski definition) is 1. The summed E-state index contributed by atoms with van der Waals surface area (Å²) in [5, 5.41) is 3.41. The number of carbonyl (C=O) groups is 1. The zero-order valence-corrected chi connectivity index (χ0v) is 12.5. The summed E-state index contributed by atoms with van der Waals surface area (Å²) in [5.41, 5.74) is 0. The highest BCUT2D eigenvalue weighted by Gasteiger charge is 2.24. The van der Waals surface area contributed by atoms with E-state index in [0.717, 1.165) is 57.9 Å². The molecule has 2 saturated heterocycles. The molecule has 2 aliphatic rings. The molecule has 3 heterocycles. The van der Waals surface area contributed by atoms with Crippen LogP contribution in [0, 0.1) is 5.92 Å². The number of nitrogens with one attached hydrogen (secondary N) is 1. The molecule has 0 spiro atoms. The lowest BCUT2D eigenvalue weighted by molar-refractivity contribution is -0.127. The number of carbonyl (C=O) groups excluding carboxylic acids is 1. The quantitative estimate of drug-likeness (QED) is 0.860. The summed E-state index contributed by atoms with van der Waals surface area (Å²) in [6.07, 6.45) is 4.83. The molecule has 1 aromatic rings. The normalized spacial score (nSPS) is 23.0. The van der Waals surface area contributed by atoms with Crippen LogP contribution in [0.25, 0.3) is 0 Å². The smallest absolute Gasteiger partial charge is 0.222 e. The van der Waals surface area contributed by atoms with Crippen molar-refractivity contribution in [3.63, 3.8) is 0 Å². The van der Waals surface area contributed by atoms with Gasteiger partial charge in [0.25, 0.3) is 0 Å². The van der Waals surface area contributed by atoms with Crippen molar-refractivity contribution in [2.24, 2.45) is 5.92 Å². The van der Waals surface area contributed by atoms with Gasteiger partial charge < -0.3 is 15.1 Å². The third-order valence-corrected chi connectivity index (χ3v) is 4.46. The van der Waals surface area contributed by atoms with Crippen molar-refractivity contribution in [3.05, 3.63) is 24.4 Å². The SMILES string of the molecule is O=C1CCCN1CCN1CCC(CNc2ccccn2)C1. The topological polar surface area (TPSA) is 48.5 Å². The summed E-state index contributed by atoms with van der Waals surface area (Å²) >= 11 is 0. The van der Waals surface area contributed by atoms with Gasteiger partial charge in [-0.3, -0.25) is 4.79 Å². The van der Waals surface area contributed by atoms with Crippen LogP contribution in [0.4, 0.5) is 5.82 Å². The van der Waals surface area contributed by atoms with Crippen LogP contribution in [0.5, 0.6) is 0 Å². The van der Waals surface area contributed by atoms with E-state index < -0.39 is 0 Å². The van der Waals surface area contributed by atoms with E-state index in [1.807, 2.05) is 29.3 Å². The van der Waals surface area contributed by atoms with Crippen molar-refractivity contribution >= 4 is 11.7 Å². The Morgan fingerprint density at radius 1 is 1.29 bits per heavy atom. The van der Waals surface area contributed by atoms with Gasteiger partial charge in [-0.1, -0.05) is 6.07 Å². The standard InChI is InChI=1S/C16H24N4O/c21-16-5-3-8-20(16)11-10-19-9-6-14(13-19)12-18-15-4-1-2-7-17-15/h1-2,4,7,14H,3,5-6,8-13H2,(H,17,18). The minimum atomic E-state index is 0.336. The minimum Gasteiger partial charge on any atom is -0.370 e. The molecule has 3 rings (SSSR count). The maximum absolute atomic E-state index is 11.6. The molecule has 5 nitrogen and oxygen atoms in total. The molecular weight excluding hydrogens is 264 g/mol. The van der Waals surface area contributed by atoms with Gasteiger partial charge in [-0.25, -0.2) is 4.98 Å². The second kappa shape index (κ2) is 6.89. The number of likely N-dealkylation sites (tertiary alicyclic amines) is 2. The van der Waals surface area contributed by atoms with E-state index in [-0.39, 0.29) is 0 Å². The number of pyridine rings is 1. The summed E-state index contributed by atoms with van der Waals surface area (Å²) in [4.78, 5) is 20.4. The maximum Gasteiger partial charge on any atom is 0.222 e. The van der Waals surface area contributed by atoms with E-state index in [2.05, 4.69) is 15.2 Å². The van der Waals surface area contributed by atoms with Gasteiger partial charge in [0.2, 0.25) is 5.91 Å².